The summed E-state index contributed by atoms with van der Waals surface area (Å²) in [5, 5.41) is 3.47. The van der Waals surface area contributed by atoms with Crippen molar-refractivity contribution in [1.82, 2.24) is 5.32 Å². The third kappa shape index (κ3) is 4.85. The lowest BCUT2D eigenvalue weighted by Gasteiger charge is -2.23. The number of carbonyl (C=O) groups excluding carboxylic acids is 1. The van der Waals surface area contributed by atoms with Gasteiger partial charge in [0.1, 0.15) is 0 Å². The number of aryl methyl sites for hydroxylation is 1. The van der Waals surface area contributed by atoms with E-state index >= 15 is 0 Å². The highest BCUT2D eigenvalue weighted by Crippen LogP contribution is 2.18. The van der Waals surface area contributed by atoms with Crippen LogP contribution in [0.5, 0.6) is 0 Å². The zero-order valence-electron chi connectivity index (χ0n) is 13.4. The van der Waals surface area contributed by atoms with Crippen molar-refractivity contribution in [2.45, 2.75) is 58.4 Å². The minimum atomic E-state index is 0.173. The third-order valence-corrected chi connectivity index (χ3v) is 4.33. The minimum Gasteiger partial charge on any atom is -0.312 e. The number of carbonyl (C=O) groups is 1. The van der Waals surface area contributed by atoms with Crippen LogP contribution in [0.15, 0.2) is 24.3 Å². The number of hydrogen-bond donors (Lipinski definition) is 1. The molecule has 116 valence electrons. The second kappa shape index (κ2) is 8.18. The lowest BCUT2D eigenvalue weighted by atomic mass is 10.1. The van der Waals surface area contributed by atoms with Crippen molar-refractivity contribution in [3.63, 3.8) is 0 Å². The van der Waals surface area contributed by atoms with E-state index in [1.165, 1.54) is 44.1 Å². The fourth-order valence-corrected chi connectivity index (χ4v) is 3.11. The Bertz CT molecular complexity index is 450. The van der Waals surface area contributed by atoms with Gasteiger partial charge in [0, 0.05) is 18.3 Å². The predicted molar refractivity (Wildman–Crippen MR) is 88.7 cm³/mol. The number of amides is 1. The fraction of sp³-hybridized carbons (Fsp3) is 0.611. The van der Waals surface area contributed by atoms with Crippen LogP contribution in [-0.2, 0) is 4.79 Å². The van der Waals surface area contributed by atoms with Gasteiger partial charge < -0.3 is 10.2 Å². The number of hydrogen-bond acceptors (Lipinski definition) is 2. The van der Waals surface area contributed by atoms with Crippen molar-refractivity contribution in [2.24, 2.45) is 0 Å². The third-order valence-electron chi connectivity index (χ3n) is 4.33. The normalized spacial score (nSPS) is 16.5. The van der Waals surface area contributed by atoms with Crippen LogP contribution in [0.4, 0.5) is 5.69 Å². The zero-order chi connectivity index (χ0) is 15.1. The molecular formula is C18H28N2O. The summed E-state index contributed by atoms with van der Waals surface area (Å²) in [7, 11) is 0. The van der Waals surface area contributed by atoms with Gasteiger partial charge in [-0.05, 0) is 44.4 Å². The van der Waals surface area contributed by atoms with Crippen LogP contribution in [0.1, 0.15) is 51.0 Å². The molecule has 0 radical (unpaired) electrons. The Morgan fingerprint density at radius 2 is 1.95 bits per heavy atom. The molecule has 0 aliphatic heterocycles. The molecule has 1 saturated carbocycles. The average Bonchev–Trinajstić information content (AvgIpc) is 2.74. The number of rotatable bonds is 5. The van der Waals surface area contributed by atoms with Crippen molar-refractivity contribution in [3.05, 3.63) is 29.8 Å². The van der Waals surface area contributed by atoms with Crippen LogP contribution in [0.2, 0.25) is 0 Å². The first-order chi connectivity index (χ1) is 10.2. The van der Waals surface area contributed by atoms with Crippen molar-refractivity contribution in [1.29, 1.82) is 0 Å². The van der Waals surface area contributed by atoms with Crippen molar-refractivity contribution < 1.29 is 4.79 Å². The highest BCUT2D eigenvalue weighted by molar-refractivity contribution is 5.94. The van der Waals surface area contributed by atoms with E-state index in [0.717, 1.165) is 5.69 Å². The van der Waals surface area contributed by atoms with E-state index in [1.807, 2.05) is 24.0 Å². The second-order valence-electron chi connectivity index (χ2n) is 6.05. The lowest BCUT2D eigenvalue weighted by molar-refractivity contribution is -0.117. The maximum Gasteiger partial charge on any atom is 0.240 e. The summed E-state index contributed by atoms with van der Waals surface area (Å²) in [5.74, 6) is 0.173. The average molecular weight is 288 g/mol. The summed E-state index contributed by atoms with van der Waals surface area (Å²) in [6, 6.07) is 8.69. The Morgan fingerprint density at radius 3 is 2.57 bits per heavy atom. The number of benzene rings is 1. The molecule has 0 atom stereocenters. The van der Waals surface area contributed by atoms with E-state index < -0.39 is 0 Å². The Labute approximate surface area is 128 Å². The quantitative estimate of drug-likeness (QED) is 0.839. The second-order valence-corrected chi connectivity index (χ2v) is 6.05. The van der Waals surface area contributed by atoms with Gasteiger partial charge in [0.15, 0.2) is 0 Å². The number of nitrogens with zero attached hydrogens (tertiary/aromatic N) is 1. The van der Waals surface area contributed by atoms with E-state index in [0.29, 0.717) is 19.1 Å². The predicted octanol–water partition coefficient (Wildman–Crippen LogP) is 3.66. The van der Waals surface area contributed by atoms with E-state index in [-0.39, 0.29) is 5.91 Å². The van der Waals surface area contributed by atoms with Gasteiger partial charge in [-0.25, -0.2) is 0 Å². The van der Waals surface area contributed by atoms with Crippen LogP contribution in [0.3, 0.4) is 0 Å². The van der Waals surface area contributed by atoms with E-state index in [4.69, 9.17) is 0 Å². The molecule has 1 fully saturated rings. The summed E-state index contributed by atoms with van der Waals surface area (Å²) in [5.41, 5.74) is 2.20. The van der Waals surface area contributed by atoms with Gasteiger partial charge >= 0.3 is 0 Å². The van der Waals surface area contributed by atoms with Crippen LogP contribution in [-0.4, -0.2) is 25.0 Å². The lowest BCUT2D eigenvalue weighted by Crippen LogP contribution is -2.41. The molecule has 1 aliphatic carbocycles. The summed E-state index contributed by atoms with van der Waals surface area (Å²) >= 11 is 0. The maximum absolute atomic E-state index is 12.5. The van der Waals surface area contributed by atoms with E-state index in [2.05, 4.69) is 24.4 Å². The Balaban J connectivity index is 1.90. The van der Waals surface area contributed by atoms with Crippen molar-refractivity contribution in [3.8, 4) is 0 Å². The topological polar surface area (TPSA) is 32.3 Å². The van der Waals surface area contributed by atoms with E-state index in [1.54, 1.807) is 0 Å². The van der Waals surface area contributed by atoms with Crippen LogP contribution in [0, 0.1) is 6.92 Å². The monoisotopic (exact) mass is 288 g/mol. The van der Waals surface area contributed by atoms with Gasteiger partial charge in [-0.15, -0.1) is 0 Å². The molecule has 0 spiro atoms. The smallest absolute Gasteiger partial charge is 0.240 e. The molecule has 1 aromatic carbocycles. The highest BCUT2D eigenvalue weighted by Gasteiger charge is 2.17. The molecule has 21 heavy (non-hydrogen) atoms. The van der Waals surface area contributed by atoms with Crippen molar-refractivity contribution >= 4 is 11.6 Å². The first kappa shape index (κ1) is 16.0. The molecule has 0 aromatic heterocycles. The summed E-state index contributed by atoms with van der Waals surface area (Å²) in [6.07, 6.45) is 7.70. The van der Waals surface area contributed by atoms with Gasteiger partial charge in [0.25, 0.3) is 0 Å². The maximum atomic E-state index is 12.5. The standard InChI is InChI=1S/C18H28N2O/c1-3-20(17-12-8-9-15(2)13-17)18(21)14-19-16-10-6-4-5-7-11-16/h8-9,12-13,16,19H,3-7,10-11,14H2,1-2H3. The number of nitrogens with one attached hydrogen (secondary N) is 1. The number of likely N-dealkylation sites (N-methyl/N-ethyl adjacent to an activating group) is 1. The van der Waals surface area contributed by atoms with Crippen LogP contribution < -0.4 is 10.2 Å². The molecule has 1 N–H and O–H groups in total. The molecule has 1 aliphatic rings. The molecule has 0 bridgehead atoms. The summed E-state index contributed by atoms with van der Waals surface area (Å²) in [6.45, 7) is 5.26. The molecular weight excluding hydrogens is 260 g/mol. The van der Waals surface area contributed by atoms with Gasteiger partial charge in [0.05, 0.1) is 6.54 Å². The van der Waals surface area contributed by atoms with Gasteiger partial charge in [0.2, 0.25) is 5.91 Å². The van der Waals surface area contributed by atoms with Gasteiger partial charge in [-0.2, -0.15) is 0 Å². The highest BCUT2D eigenvalue weighted by atomic mass is 16.2. The van der Waals surface area contributed by atoms with Crippen LogP contribution in [0.25, 0.3) is 0 Å². The largest absolute Gasteiger partial charge is 0.312 e. The van der Waals surface area contributed by atoms with Crippen molar-refractivity contribution in [2.75, 3.05) is 18.0 Å². The van der Waals surface area contributed by atoms with Crippen LogP contribution >= 0.6 is 0 Å². The Hall–Kier alpha value is -1.35. The molecule has 3 heteroatoms. The van der Waals surface area contributed by atoms with E-state index in [9.17, 15) is 4.79 Å². The SMILES string of the molecule is CCN(C(=O)CNC1CCCCCC1)c1cccc(C)c1. The molecule has 0 saturated heterocycles. The first-order valence-electron chi connectivity index (χ1n) is 8.31. The van der Waals surface area contributed by atoms with Gasteiger partial charge in [-0.3, -0.25) is 4.79 Å². The molecule has 0 unspecified atom stereocenters. The molecule has 1 aromatic rings. The molecule has 0 heterocycles. The Morgan fingerprint density at radius 1 is 1.24 bits per heavy atom. The zero-order valence-corrected chi connectivity index (χ0v) is 13.4. The van der Waals surface area contributed by atoms with Gasteiger partial charge in [-0.1, -0.05) is 37.8 Å². The molecule has 3 nitrogen and oxygen atoms in total. The Kier molecular flexibility index (Phi) is 6.24. The number of anilines is 1. The minimum absolute atomic E-state index is 0.173. The fourth-order valence-electron chi connectivity index (χ4n) is 3.11. The molecule has 2 rings (SSSR count). The first-order valence-corrected chi connectivity index (χ1v) is 8.31. The summed E-state index contributed by atoms with van der Waals surface area (Å²) < 4.78 is 0. The summed E-state index contributed by atoms with van der Waals surface area (Å²) in [4.78, 5) is 14.3. The molecule has 1 amide bonds.